The monoisotopic (exact) mass is 272 g/mol. The third-order valence-electron chi connectivity index (χ3n) is 1.80. The Hall–Kier alpha value is -0.680. The van der Waals surface area contributed by atoms with Crippen molar-refractivity contribution in [1.82, 2.24) is 0 Å². The summed E-state index contributed by atoms with van der Waals surface area (Å²) in [5.41, 5.74) is 1.83. The van der Waals surface area contributed by atoms with Crippen LogP contribution in [-0.4, -0.2) is 5.78 Å². The lowest BCUT2D eigenvalue weighted by Gasteiger charge is -2.06. The van der Waals surface area contributed by atoms with E-state index in [-0.39, 0.29) is 5.78 Å². The van der Waals surface area contributed by atoms with E-state index < -0.39 is 0 Å². The molecular formula is C9H7INO+. The topological polar surface area (TPSA) is 33.7 Å². The summed E-state index contributed by atoms with van der Waals surface area (Å²) in [6, 6.07) is 5.89. The number of nitrogens with two attached hydrogens (primary N) is 1. The molecule has 1 heterocycles. The van der Waals surface area contributed by atoms with Gasteiger partial charge in [-0.25, -0.2) is 0 Å². The molecule has 0 amide bonds. The lowest BCUT2D eigenvalue weighted by molar-refractivity contribution is -0.497. The number of hydrogen-bond acceptors (Lipinski definition) is 1. The summed E-state index contributed by atoms with van der Waals surface area (Å²) < 4.78 is 1.10. The van der Waals surface area contributed by atoms with Gasteiger partial charge >= 0.3 is 0 Å². The van der Waals surface area contributed by atoms with Crippen LogP contribution in [0, 0.1) is 3.57 Å². The molecule has 0 radical (unpaired) electrons. The van der Waals surface area contributed by atoms with E-state index in [4.69, 9.17) is 0 Å². The van der Waals surface area contributed by atoms with Crippen LogP contribution in [0.3, 0.4) is 0 Å². The molecule has 0 atom stereocenters. The number of allylic oxidation sites excluding steroid dienone is 1. The fourth-order valence-corrected chi connectivity index (χ4v) is 1.71. The summed E-state index contributed by atoms with van der Waals surface area (Å²) in [5.74, 6) is 0.103. The first-order chi connectivity index (χ1) is 5.77. The molecule has 2 rings (SSSR count). The second-order valence-corrected chi connectivity index (χ2v) is 3.87. The number of halogens is 1. The molecule has 0 bridgehead atoms. The molecule has 2 nitrogen and oxygen atoms in total. The van der Waals surface area contributed by atoms with Crippen molar-refractivity contribution in [1.29, 1.82) is 0 Å². The summed E-state index contributed by atoms with van der Waals surface area (Å²) in [6.07, 6.45) is 3.38. The van der Waals surface area contributed by atoms with E-state index in [0.717, 1.165) is 14.8 Å². The van der Waals surface area contributed by atoms with E-state index in [1.54, 1.807) is 12.3 Å². The number of rotatable bonds is 0. The predicted molar refractivity (Wildman–Crippen MR) is 54.2 cm³/mol. The zero-order valence-corrected chi connectivity index (χ0v) is 8.41. The fourth-order valence-electron chi connectivity index (χ4n) is 1.22. The number of fused-ring (bicyclic) bond motifs is 1. The SMILES string of the molecule is O=C1C=C[NH2+]c2ccc(I)cc21. The van der Waals surface area contributed by atoms with Gasteiger partial charge in [-0.1, -0.05) is 0 Å². The van der Waals surface area contributed by atoms with Crippen molar-refractivity contribution < 1.29 is 10.1 Å². The van der Waals surface area contributed by atoms with E-state index in [9.17, 15) is 4.79 Å². The first-order valence-corrected chi connectivity index (χ1v) is 4.70. The summed E-state index contributed by atoms with van der Waals surface area (Å²) in [7, 11) is 0. The Bertz CT molecular complexity index is 371. The normalized spacial score (nSPS) is 14.6. The third-order valence-corrected chi connectivity index (χ3v) is 2.48. The number of carbonyl (C=O) groups is 1. The second-order valence-electron chi connectivity index (χ2n) is 2.62. The Balaban J connectivity index is 2.59. The summed E-state index contributed by atoms with van der Waals surface area (Å²) in [5, 5.41) is 1.95. The van der Waals surface area contributed by atoms with E-state index in [2.05, 4.69) is 22.6 Å². The lowest BCUT2D eigenvalue weighted by Crippen LogP contribution is -2.72. The minimum Gasteiger partial charge on any atom is -0.289 e. The highest BCUT2D eigenvalue weighted by Crippen LogP contribution is 2.17. The molecule has 0 saturated carbocycles. The fraction of sp³-hybridized carbons (Fsp3) is 0. The van der Waals surface area contributed by atoms with E-state index >= 15 is 0 Å². The Morgan fingerprint density at radius 3 is 3.00 bits per heavy atom. The van der Waals surface area contributed by atoms with Crippen LogP contribution in [0.15, 0.2) is 30.5 Å². The summed E-state index contributed by atoms with van der Waals surface area (Å²) >= 11 is 2.21. The first-order valence-electron chi connectivity index (χ1n) is 3.63. The molecule has 0 fully saturated rings. The number of ketones is 1. The molecule has 12 heavy (non-hydrogen) atoms. The number of carbonyl (C=O) groups excluding carboxylic acids is 1. The van der Waals surface area contributed by atoms with Gasteiger partial charge in [0.25, 0.3) is 0 Å². The number of benzene rings is 1. The van der Waals surface area contributed by atoms with Gasteiger partial charge in [0.05, 0.1) is 5.56 Å². The second kappa shape index (κ2) is 2.99. The standard InChI is InChI=1S/C9H6INO/c10-6-1-2-8-7(5-6)9(12)3-4-11-8/h1-5H,(H,11,12)/p+1. The first kappa shape index (κ1) is 7.94. The molecule has 0 unspecified atom stereocenters. The maximum atomic E-state index is 11.3. The van der Waals surface area contributed by atoms with Crippen molar-refractivity contribution in [2.24, 2.45) is 0 Å². The molecule has 1 aliphatic heterocycles. The molecule has 0 saturated heterocycles. The van der Waals surface area contributed by atoms with E-state index in [1.807, 2.05) is 23.5 Å². The quantitative estimate of drug-likeness (QED) is 0.558. The van der Waals surface area contributed by atoms with E-state index in [1.165, 1.54) is 0 Å². The van der Waals surface area contributed by atoms with Crippen LogP contribution in [0.25, 0.3) is 0 Å². The van der Waals surface area contributed by atoms with E-state index in [0.29, 0.717) is 0 Å². The third kappa shape index (κ3) is 1.30. The van der Waals surface area contributed by atoms with Crippen LogP contribution >= 0.6 is 22.6 Å². The molecule has 1 aromatic rings. The Morgan fingerprint density at radius 2 is 2.17 bits per heavy atom. The van der Waals surface area contributed by atoms with Gasteiger partial charge < -0.3 is 0 Å². The minimum atomic E-state index is 0.103. The molecule has 3 heteroatoms. The van der Waals surface area contributed by atoms with Gasteiger partial charge in [-0.2, -0.15) is 0 Å². The Morgan fingerprint density at radius 1 is 1.33 bits per heavy atom. The van der Waals surface area contributed by atoms with Gasteiger partial charge in [0.1, 0.15) is 11.9 Å². The minimum absolute atomic E-state index is 0.103. The zero-order valence-electron chi connectivity index (χ0n) is 6.25. The van der Waals surface area contributed by atoms with Gasteiger partial charge in [-0.3, -0.25) is 10.1 Å². The lowest BCUT2D eigenvalue weighted by atomic mass is 10.1. The summed E-state index contributed by atoms with van der Waals surface area (Å²) in [6.45, 7) is 0. The van der Waals surface area contributed by atoms with Crippen molar-refractivity contribution in [2.75, 3.05) is 0 Å². The number of hydrogen-bond donors (Lipinski definition) is 1. The predicted octanol–water partition coefficient (Wildman–Crippen LogP) is 1.20. The van der Waals surface area contributed by atoms with Crippen LogP contribution in [0.4, 0.5) is 5.69 Å². The smallest absolute Gasteiger partial charge is 0.197 e. The van der Waals surface area contributed by atoms with Crippen molar-refractivity contribution >= 4 is 34.1 Å². The number of quaternary nitrogens is 1. The molecular weight excluding hydrogens is 265 g/mol. The summed E-state index contributed by atoms with van der Waals surface area (Å²) in [4.78, 5) is 11.3. The maximum absolute atomic E-state index is 11.3. The van der Waals surface area contributed by atoms with Crippen molar-refractivity contribution in [3.8, 4) is 0 Å². The van der Waals surface area contributed by atoms with Gasteiger partial charge in [0.2, 0.25) is 0 Å². The van der Waals surface area contributed by atoms with Gasteiger partial charge in [-0.05, 0) is 34.7 Å². The van der Waals surface area contributed by atoms with Crippen molar-refractivity contribution in [3.05, 3.63) is 39.6 Å². The highest BCUT2D eigenvalue weighted by atomic mass is 127. The van der Waals surface area contributed by atoms with Crippen LogP contribution in [0.2, 0.25) is 0 Å². The molecule has 1 aromatic carbocycles. The average molecular weight is 272 g/mol. The molecule has 0 spiro atoms. The Kier molecular flexibility index (Phi) is 1.98. The Labute approximate surface area is 83.8 Å². The highest BCUT2D eigenvalue weighted by Gasteiger charge is 2.15. The maximum Gasteiger partial charge on any atom is 0.197 e. The molecule has 1 aliphatic rings. The van der Waals surface area contributed by atoms with Gasteiger partial charge in [0.15, 0.2) is 5.78 Å². The van der Waals surface area contributed by atoms with Crippen molar-refractivity contribution in [3.63, 3.8) is 0 Å². The van der Waals surface area contributed by atoms with Crippen LogP contribution in [-0.2, 0) is 0 Å². The highest BCUT2D eigenvalue weighted by molar-refractivity contribution is 14.1. The van der Waals surface area contributed by atoms with Gasteiger partial charge in [-0.15, -0.1) is 0 Å². The largest absolute Gasteiger partial charge is 0.289 e. The average Bonchev–Trinajstić information content (AvgIpc) is 2.07. The van der Waals surface area contributed by atoms with Crippen LogP contribution in [0.5, 0.6) is 0 Å². The van der Waals surface area contributed by atoms with Crippen LogP contribution in [0.1, 0.15) is 10.4 Å². The van der Waals surface area contributed by atoms with Crippen LogP contribution < -0.4 is 5.32 Å². The van der Waals surface area contributed by atoms with Crippen molar-refractivity contribution in [2.45, 2.75) is 0 Å². The molecule has 2 N–H and O–H groups in total. The van der Waals surface area contributed by atoms with Gasteiger partial charge in [0, 0.05) is 15.7 Å². The zero-order chi connectivity index (χ0) is 8.55. The molecule has 60 valence electrons. The molecule has 0 aromatic heterocycles. The molecule has 0 aliphatic carbocycles.